The largest absolute Gasteiger partial charge is 0.618 e. The Bertz CT molecular complexity index is 711. The van der Waals surface area contributed by atoms with Crippen molar-refractivity contribution in [3.8, 4) is 0 Å². The minimum Gasteiger partial charge on any atom is -0.618 e. The summed E-state index contributed by atoms with van der Waals surface area (Å²) in [6.07, 6.45) is 2.86. The van der Waals surface area contributed by atoms with Gasteiger partial charge in [0.15, 0.2) is 11.9 Å². The van der Waals surface area contributed by atoms with E-state index in [1.807, 2.05) is 13.0 Å². The summed E-state index contributed by atoms with van der Waals surface area (Å²) in [5.41, 5.74) is 1.93. The quantitative estimate of drug-likeness (QED) is 0.479. The molecule has 2 aromatic heterocycles. The van der Waals surface area contributed by atoms with E-state index in [-0.39, 0.29) is 18.3 Å². The molecule has 7 nitrogen and oxygen atoms in total. The highest BCUT2D eigenvalue weighted by atomic mass is 16.5. The van der Waals surface area contributed by atoms with Crippen molar-refractivity contribution in [3.63, 3.8) is 0 Å². The first-order valence-corrected chi connectivity index (χ1v) is 7.86. The van der Waals surface area contributed by atoms with E-state index in [9.17, 15) is 14.8 Å². The number of carbonyl (C=O) groups excluding carboxylic acids is 2. The van der Waals surface area contributed by atoms with Gasteiger partial charge in [0, 0.05) is 17.8 Å². The summed E-state index contributed by atoms with van der Waals surface area (Å²) in [7, 11) is 0. The highest BCUT2D eigenvalue weighted by Crippen LogP contribution is 2.04. The van der Waals surface area contributed by atoms with Crippen LogP contribution in [0.25, 0.3) is 0 Å². The normalized spacial score (nSPS) is 9.60. The number of esters is 2. The van der Waals surface area contributed by atoms with Gasteiger partial charge in [0.1, 0.15) is 0 Å². The van der Waals surface area contributed by atoms with Gasteiger partial charge in [-0.25, -0.2) is 14.6 Å². The molecule has 0 aliphatic rings. The van der Waals surface area contributed by atoms with Gasteiger partial charge in [-0.15, -0.1) is 0 Å². The van der Waals surface area contributed by atoms with Crippen molar-refractivity contribution in [3.05, 3.63) is 64.4 Å². The van der Waals surface area contributed by atoms with Crippen molar-refractivity contribution in [1.82, 2.24) is 4.98 Å². The first kappa shape index (κ1) is 20.1. The van der Waals surface area contributed by atoms with Crippen LogP contribution in [0.4, 0.5) is 0 Å². The second-order valence-electron chi connectivity index (χ2n) is 4.98. The number of pyridine rings is 2. The lowest BCUT2D eigenvalue weighted by molar-refractivity contribution is -0.608. The highest BCUT2D eigenvalue weighted by molar-refractivity contribution is 5.88. The summed E-state index contributed by atoms with van der Waals surface area (Å²) in [4.78, 5) is 26.3. The van der Waals surface area contributed by atoms with Crippen molar-refractivity contribution in [2.75, 3.05) is 13.2 Å². The smallest absolute Gasteiger partial charge is 0.405 e. The molecule has 134 valence electrons. The third kappa shape index (κ3) is 5.87. The van der Waals surface area contributed by atoms with Gasteiger partial charge < -0.3 is 14.7 Å². The average molecular weight is 346 g/mol. The maximum absolute atomic E-state index is 11.2. The molecular formula is C18H22N2O5. The van der Waals surface area contributed by atoms with Crippen molar-refractivity contribution >= 4 is 11.9 Å². The zero-order chi connectivity index (χ0) is 18.8. The van der Waals surface area contributed by atoms with Crippen molar-refractivity contribution in [1.29, 1.82) is 0 Å². The van der Waals surface area contributed by atoms with Crippen LogP contribution in [0.5, 0.6) is 0 Å². The van der Waals surface area contributed by atoms with E-state index in [0.29, 0.717) is 22.6 Å². The van der Waals surface area contributed by atoms with E-state index in [1.54, 1.807) is 45.2 Å². The van der Waals surface area contributed by atoms with Crippen LogP contribution in [-0.4, -0.2) is 30.1 Å². The fourth-order valence-corrected chi connectivity index (χ4v) is 1.94. The number of aromatic nitrogens is 2. The molecule has 0 atom stereocenters. The topological polar surface area (TPSA) is 92.4 Å². The predicted molar refractivity (Wildman–Crippen MR) is 91.0 cm³/mol. The summed E-state index contributed by atoms with van der Waals surface area (Å²) < 4.78 is 10.1. The van der Waals surface area contributed by atoms with E-state index >= 15 is 0 Å². The van der Waals surface area contributed by atoms with Crippen LogP contribution >= 0.6 is 0 Å². The maximum Gasteiger partial charge on any atom is 0.405 e. The van der Waals surface area contributed by atoms with Crippen LogP contribution in [0.1, 0.15) is 46.0 Å². The first-order valence-electron chi connectivity index (χ1n) is 7.86. The fraction of sp³-hybridized carbons (Fsp3) is 0.333. The Morgan fingerprint density at radius 3 is 2.20 bits per heavy atom. The molecule has 2 rings (SSSR count). The van der Waals surface area contributed by atoms with Gasteiger partial charge in [-0.3, -0.25) is 0 Å². The number of ether oxygens (including phenoxy) is 2. The molecule has 7 heteroatoms. The SMILES string of the molecule is CCOC(=O)c1c(C)ccc[n+]1[O-].CCOC(=O)c1ncccc1C. The van der Waals surface area contributed by atoms with Gasteiger partial charge in [0.2, 0.25) is 0 Å². The number of hydrogen-bond donors (Lipinski definition) is 0. The zero-order valence-electron chi connectivity index (χ0n) is 14.8. The minimum atomic E-state index is -0.574. The Morgan fingerprint density at radius 2 is 1.64 bits per heavy atom. The molecular weight excluding hydrogens is 324 g/mol. The van der Waals surface area contributed by atoms with Crippen LogP contribution in [0.15, 0.2) is 36.7 Å². The summed E-state index contributed by atoms with van der Waals surface area (Å²) in [6, 6.07) is 6.91. The average Bonchev–Trinajstić information content (AvgIpc) is 2.56. The number of carbonyl (C=O) groups is 2. The lowest BCUT2D eigenvalue weighted by atomic mass is 10.2. The van der Waals surface area contributed by atoms with E-state index < -0.39 is 5.97 Å². The Kier molecular flexibility index (Phi) is 8.05. The second-order valence-corrected chi connectivity index (χ2v) is 4.98. The van der Waals surface area contributed by atoms with Crippen molar-refractivity contribution in [2.45, 2.75) is 27.7 Å². The summed E-state index contributed by atoms with van der Waals surface area (Å²) in [6.45, 7) is 7.66. The second kappa shape index (κ2) is 10.0. The fourth-order valence-electron chi connectivity index (χ4n) is 1.94. The summed E-state index contributed by atoms with van der Waals surface area (Å²) in [5.74, 6) is -0.925. The van der Waals surface area contributed by atoms with Crippen LogP contribution in [0, 0.1) is 19.1 Å². The lowest BCUT2D eigenvalue weighted by Crippen LogP contribution is -2.35. The molecule has 0 radical (unpaired) electrons. The number of nitrogens with zero attached hydrogens (tertiary/aromatic N) is 2. The molecule has 2 aromatic rings. The van der Waals surface area contributed by atoms with Gasteiger partial charge in [-0.2, -0.15) is 4.73 Å². The molecule has 25 heavy (non-hydrogen) atoms. The summed E-state index contributed by atoms with van der Waals surface area (Å²) >= 11 is 0. The summed E-state index contributed by atoms with van der Waals surface area (Å²) in [5, 5.41) is 11.2. The van der Waals surface area contributed by atoms with Crippen LogP contribution in [0.3, 0.4) is 0 Å². The minimum absolute atomic E-state index is 0.0596. The Balaban J connectivity index is 0.000000251. The highest BCUT2D eigenvalue weighted by Gasteiger charge is 2.19. The van der Waals surface area contributed by atoms with Crippen LogP contribution < -0.4 is 4.73 Å². The number of hydrogen-bond acceptors (Lipinski definition) is 6. The molecule has 0 spiro atoms. The van der Waals surface area contributed by atoms with Crippen LogP contribution in [0.2, 0.25) is 0 Å². The van der Waals surface area contributed by atoms with E-state index in [1.165, 1.54) is 6.20 Å². The van der Waals surface area contributed by atoms with Gasteiger partial charge in [-0.05, 0) is 45.4 Å². The molecule has 0 saturated heterocycles. The maximum atomic E-state index is 11.2. The third-order valence-corrected chi connectivity index (χ3v) is 3.11. The molecule has 0 unspecified atom stereocenters. The Morgan fingerprint density at radius 1 is 1.04 bits per heavy atom. The molecule has 0 aliphatic carbocycles. The molecule has 0 aromatic carbocycles. The molecule has 0 aliphatic heterocycles. The van der Waals surface area contributed by atoms with Gasteiger partial charge in [0.25, 0.3) is 0 Å². The van der Waals surface area contributed by atoms with Crippen LogP contribution in [-0.2, 0) is 9.47 Å². The van der Waals surface area contributed by atoms with Gasteiger partial charge in [-0.1, -0.05) is 6.07 Å². The molecule has 0 N–H and O–H groups in total. The molecule has 0 fully saturated rings. The first-order chi connectivity index (χ1) is 11.9. The van der Waals surface area contributed by atoms with Crippen molar-refractivity contribution in [2.24, 2.45) is 0 Å². The predicted octanol–water partition coefficient (Wildman–Crippen LogP) is 2.37. The zero-order valence-corrected chi connectivity index (χ0v) is 14.8. The third-order valence-electron chi connectivity index (χ3n) is 3.11. The lowest BCUT2D eigenvalue weighted by Gasteiger charge is -2.05. The standard InChI is InChI=1S/C9H11NO3.C9H11NO2/c1-3-13-9(11)8-7(2)5-4-6-10(8)12;1-3-12-9(11)8-7(2)5-4-6-10-8/h4-6H,3H2,1-2H3;4-6H,3H2,1-2H3. The number of rotatable bonds is 4. The molecule has 2 heterocycles. The monoisotopic (exact) mass is 346 g/mol. The van der Waals surface area contributed by atoms with Gasteiger partial charge >= 0.3 is 17.6 Å². The van der Waals surface area contributed by atoms with E-state index in [0.717, 1.165) is 5.56 Å². The Labute approximate surface area is 146 Å². The van der Waals surface area contributed by atoms with E-state index in [2.05, 4.69) is 4.98 Å². The van der Waals surface area contributed by atoms with Gasteiger partial charge in [0.05, 0.1) is 13.2 Å². The molecule has 0 bridgehead atoms. The number of aryl methyl sites for hydroxylation is 2. The molecule has 0 saturated carbocycles. The van der Waals surface area contributed by atoms with Crippen molar-refractivity contribution < 1.29 is 23.8 Å². The Hall–Kier alpha value is -2.96. The van der Waals surface area contributed by atoms with E-state index in [4.69, 9.17) is 9.47 Å². The molecule has 0 amide bonds.